The summed E-state index contributed by atoms with van der Waals surface area (Å²) in [5, 5.41) is 17.9. The molecule has 0 heterocycles. The van der Waals surface area contributed by atoms with Crippen LogP contribution in [-0.2, 0) is 19.1 Å². The van der Waals surface area contributed by atoms with E-state index in [-0.39, 0.29) is 43.2 Å². The van der Waals surface area contributed by atoms with Crippen LogP contribution in [0.15, 0.2) is 0 Å². The Hall–Kier alpha value is -2.32. The van der Waals surface area contributed by atoms with Crippen LogP contribution < -0.4 is 16.0 Å². The van der Waals surface area contributed by atoms with Gasteiger partial charge in [0, 0.05) is 12.5 Å². The number of carbonyl (C=O) groups is 4. The molecule has 0 radical (unpaired) electrons. The summed E-state index contributed by atoms with van der Waals surface area (Å²) < 4.78 is 5.20. The van der Waals surface area contributed by atoms with E-state index in [0.717, 1.165) is 0 Å². The quantitative estimate of drug-likeness (QED) is 0.388. The van der Waals surface area contributed by atoms with Crippen molar-refractivity contribution in [1.29, 1.82) is 0 Å². The minimum absolute atomic E-state index is 0.00581. The Bertz CT molecular complexity index is 640. The summed E-state index contributed by atoms with van der Waals surface area (Å²) in [7, 11) is 0. The number of hydrogen-bond acceptors (Lipinski definition) is 5. The van der Waals surface area contributed by atoms with Crippen LogP contribution in [0, 0.1) is 23.7 Å². The molecule has 0 unspecified atom stereocenters. The molecule has 0 aromatic carbocycles. The number of hydrogen-bond donors (Lipinski definition) is 4. The third kappa shape index (κ3) is 10.5. The zero-order valence-corrected chi connectivity index (χ0v) is 20.4. The van der Waals surface area contributed by atoms with Gasteiger partial charge in [0.05, 0.1) is 12.5 Å². The standard InChI is InChI=1S/C22H41N3O6/c1-13(2)10-22(19(28)29,12-24-17(26)15(5)6)25-18(27)16(14(3)4)11-23-20(30)31-21(7,8)9/h13-16H,10-12H2,1-9H3,(H,23,30)(H,24,26)(H,25,27)(H,28,29)/t16-,22+/m0/s1. The average molecular weight is 444 g/mol. The first-order valence-corrected chi connectivity index (χ1v) is 10.8. The number of amides is 3. The van der Waals surface area contributed by atoms with Gasteiger partial charge in [0.2, 0.25) is 11.8 Å². The van der Waals surface area contributed by atoms with E-state index in [1.807, 2.05) is 27.7 Å². The molecule has 0 saturated heterocycles. The third-order valence-corrected chi connectivity index (χ3v) is 4.62. The first-order chi connectivity index (χ1) is 14.0. The maximum absolute atomic E-state index is 13.1. The van der Waals surface area contributed by atoms with E-state index in [1.165, 1.54) is 0 Å². The van der Waals surface area contributed by atoms with Crippen molar-refractivity contribution < 1.29 is 29.0 Å². The summed E-state index contributed by atoms with van der Waals surface area (Å²) in [5.74, 6) is -3.25. The van der Waals surface area contributed by atoms with Crippen LogP contribution in [0.3, 0.4) is 0 Å². The lowest BCUT2D eigenvalue weighted by Crippen LogP contribution is -2.63. The third-order valence-electron chi connectivity index (χ3n) is 4.62. The monoisotopic (exact) mass is 443 g/mol. The van der Waals surface area contributed by atoms with Gasteiger partial charge in [-0.3, -0.25) is 9.59 Å². The zero-order valence-electron chi connectivity index (χ0n) is 20.4. The van der Waals surface area contributed by atoms with Gasteiger partial charge in [0.15, 0.2) is 5.54 Å². The van der Waals surface area contributed by atoms with Crippen molar-refractivity contribution in [3.05, 3.63) is 0 Å². The largest absolute Gasteiger partial charge is 0.479 e. The number of rotatable bonds is 11. The maximum atomic E-state index is 13.1. The van der Waals surface area contributed by atoms with E-state index in [1.54, 1.807) is 34.6 Å². The van der Waals surface area contributed by atoms with Crippen molar-refractivity contribution in [3.8, 4) is 0 Å². The second kappa shape index (κ2) is 11.9. The summed E-state index contributed by atoms with van der Waals surface area (Å²) in [6, 6.07) is 0. The topological polar surface area (TPSA) is 134 Å². The Morgan fingerprint density at radius 3 is 1.84 bits per heavy atom. The number of carboxylic acid groups (broad SMARTS) is 1. The molecule has 0 aliphatic carbocycles. The van der Waals surface area contributed by atoms with Gasteiger partial charge in [-0.1, -0.05) is 41.5 Å². The van der Waals surface area contributed by atoms with Gasteiger partial charge in [0.25, 0.3) is 0 Å². The van der Waals surface area contributed by atoms with Crippen molar-refractivity contribution in [3.63, 3.8) is 0 Å². The molecular formula is C22H41N3O6. The molecule has 0 spiro atoms. The molecule has 31 heavy (non-hydrogen) atoms. The molecule has 9 heteroatoms. The molecule has 0 fully saturated rings. The number of nitrogens with one attached hydrogen (secondary N) is 3. The highest BCUT2D eigenvalue weighted by Crippen LogP contribution is 2.20. The molecule has 3 amide bonds. The molecule has 180 valence electrons. The lowest BCUT2D eigenvalue weighted by atomic mass is 9.86. The van der Waals surface area contributed by atoms with Crippen LogP contribution in [0.1, 0.15) is 68.7 Å². The van der Waals surface area contributed by atoms with Crippen LogP contribution in [0.2, 0.25) is 0 Å². The van der Waals surface area contributed by atoms with E-state index in [9.17, 15) is 24.3 Å². The fourth-order valence-corrected chi connectivity index (χ4v) is 2.99. The number of carboxylic acids is 1. The maximum Gasteiger partial charge on any atom is 0.407 e. The fourth-order valence-electron chi connectivity index (χ4n) is 2.99. The van der Waals surface area contributed by atoms with Crippen LogP contribution >= 0.6 is 0 Å². The molecule has 0 aromatic rings. The second-order valence-corrected chi connectivity index (χ2v) is 10.1. The second-order valence-electron chi connectivity index (χ2n) is 10.1. The van der Waals surface area contributed by atoms with Gasteiger partial charge >= 0.3 is 12.1 Å². The number of alkyl carbamates (subject to hydrolysis) is 1. The highest BCUT2D eigenvalue weighted by Gasteiger charge is 2.42. The van der Waals surface area contributed by atoms with E-state index in [0.29, 0.717) is 0 Å². The Kier molecular flexibility index (Phi) is 11.0. The van der Waals surface area contributed by atoms with Crippen LogP contribution in [-0.4, -0.2) is 53.2 Å². The van der Waals surface area contributed by atoms with Gasteiger partial charge in [-0.25, -0.2) is 9.59 Å². The smallest absolute Gasteiger partial charge is 0.407 e. The molecular weight excluding hydrogens is 402 g/mol. The minimum Gasteiger partial charge on any atom is -0.479 e. The van der Waals surface area contributed by atoms with Crippen molar-refractivity contribution in [1.82, 2.24) is 16.0 Å². The van der Waals surface area contributed by atoms with Gasteiger partial charge in [-0.2, -0.15) is 0 Å². The normalized spacial score (nSPS) is 14.7. The van der Waals surface area contributed by atoms with Crippen molar-refractivity contribution in [2.75, 3.05) is 13.1 Å². The predicted molar refractivity (Wildman–Crippen MR) is 118 cm³/mol. The van der Waals surface area contributed by atoms with E-state index in [4.69, 9.17) is 4.74 Å². The number of ether oxygens (including phenoxy) is 1. The molecule has 9 nitrogen and oxygen atoms in total. The zero-order chi connectivity index (χ0) is 24.6. The van der Waals surface area contributed by atoms with Gasteiger partial charge in [-0.05, 0) is 39.0 Å². The van der Waals surface area contributed by atoms with Gasteiger partial charge in [-0.15, -0.1) is 0 Å². The van der Waals surface area contributed by atoms with Crippen LogP contribution in [0.5, 0.6) is 0 Å². The van der Waals surface area contributed by atoms with Crippen molar-refractivity contribution in [2.24, 2.45) is 23.7 Å². The highest BCUT2D eigenvalue weighted by atomic mass is 16.6. The fraction of sp³-hybridized carbons (Fsp3) is 0.818. The van der Waals surface area contributed by atoms with Crippen LogP contribution in [0.4, 0.5) is 4.79 Å². The van der Waals surface area contributed by atoms with Gasteiger partial charge < -0.3 is 25.8 Å². The molecule has 0 saturated carbocycles. The summed E-state index contributed by atoms with van der Waals surface area (Å²) in [6.07, 6.45) is -0.515. The summed E-state index contributed by atoms with van der Waals surface area (Å²) in [5.41, 5.74) is -2.33. The molecule has 0 aliphatic rings. The SMILES string of the molecule is CC(C)C[C@](CNC(=O)C(C)C)(NC(=O)[C@@H](CNC(=O)OC(C)(C)C)C(C)C)C(=O)O. The average Bonchev–Trinajstić information content (AvgIpc) is 2.56. The molecule has 2 atom stereocenters. The predicted octanol–water partition coefficient (Wildman–Crippen LogP) is 2.54. The molecule has 0 aromatic heterocycles. The Balaban J connectivity index is 5.54. The molecule has 0 rings (SSSR count). The Labute approximate surface area is 186 Å². The molecule has 0 aliphatic heterocycles. The molecule has 0 bridgehead atoms. The summed E-state index contributed by atoms with van der Waals surface area (Å²) in [4.78, 5) is 49.3. The lowest BCUT2D eigenvalue weighted by molar-refractivity contribution is -0.149. The van der Waals surface area contributed by atoms with Crippen molar-refractivity contribution >= 4 is 23.9 Å². The Morgan fingerprint density at radius 1 is 0.903 bits per heavy atom. The first-order valence-electron chi connectivity index (χ1n) is 10.8. The van der Waals surface area contributed by atoms with Gasteiger partial charge in [0.1, 0.15) is 5.60 Å². The minimum atomic E-state index is -1.66. The number of aliphatic carboxylic acids is 1. The highest BCUT2D eigenvalue weighted by molar-refractivity contribution is 5.89. The van der Waals surface area contributed by atoms with E-state index < -0.39 is 35.0 Å². The van der Waals surface area contributed by atoms with E-state index in [2.05, 4.69) is 16.0 Å². The Morgan fingerprint density at radius 2 is 1.45 bits per heavy atom. The summed E-state index contributed by atoms with van der Waals surface area (Å²) in [6.45, 7) is 15.7. The first kappa shape index (κ1) is 28.7. The molecule has 4 N–H and O–H groups in total. The number of carbonyl (C=O) groups excluding carboxylic acids is 3. The van der Waals surface area contributed by atoms with Crippen molar-refractivity contribution in [2.45, 2.75) is 79.9 Å². The summed E-state index contributed by atoms with van der Waals surface area (Å²) >= 11 is 0. The van der Waals surface area contributed by atoms with Crippen LogP contribution in [0.25, 0.3) is 0 Å². The lowest BCUT2D eigenvalue weighted by Gasteiger charge is -2.34. The van der Waals surface area contributed by atoms with E-state index >= 15 is 0 Å².